The summed E-state index contributed by atoms with van der Waals surface area (Å²) < 4.78 is 1.57. The summed E-state index contributed by atoms with van der Waals surface area (Å²) in [5.41, 5.74) is 23.5. The Morgan fingerprint density at radius 2 is 0.609 bits per heavy atom. The van der Waals surface area contributed by atoms with Gasteiger partial charge < -0.3 is 5.53 Å². The van der Waals surface area contributed by atoms with Crippen molar-refractivity contribution < 1.29 is 22.7 Å². The number of aryl methyl sites for hydroxylation is 4. The monoisotopic (exact) mass is 1040 g/mol. The van der Waals surface area contributed by atoms with Crippen LogP contribution in [0, 0.1) is 0 Å². The summed E-state index contributed by atoms with van der Waals surface area (Å²) in [4.78, 5) is 3.08. The van der Waals surface area contributed by atoms with Gasteiger partial charge in [0.15, 0.2) is 0 Å². The quantitative estimate of drug-likeness (QED) is 0.0359. The molecule has 1 heterocycles. The van der Waals surface area contributed by atoms with Gasteiger partial charge >= 0.3 is 144 Å². The second-order valence-corrected chi connectivity index (χ2v) is 23.6. The van der Waals surface area contributed by atoms with Crippen molar-refractivity contribution in [1.29, 1.82) is 0 Å². The van der Waals surface area contributed by atoms with Crippen molar-refractivity contribution in [2.75, 3.05) is 0 Å². The van der Waals surface area contributed by atoms with Gasteiger partial charge in [-0.3, -0.25) is 0 Å². The number of rotatable bonds is 45. The minimum Gasteiger partial charge on any atom is -0.493 e. The number of nitrogens with zero attached hydrogens (tertiary/aromatic N) is 2. The minimum absolute atomic E-state index is 0.962. The van der Waals surface area contributed by atoms with E-state index in [1.165, 1.54) is 257 Å². The molecule has 2 aromatic rings. The Morgan fingerprint density at radius 3 is 0.971 bits per heavy atom. The van der Waals surface area contributed by atoms with E-state index >= 15 is 0 Å². The Kier molecular flexibility index (Phi) is 41.1. The summed E-state index contributed by atoms with van der Waals surface area (Å²) in [6.07, 6.45) is 57.0. The molecule has 1 aliphatic rings. The predicted molar refractivity (Wildman–Crippen MR) is 306 cm³/mol. The molecular formula is C66H114N2Pd. The fourth-order valence-corrected chi connectivity index (χ4v) is 12.0. The van der Waals surface area contributed by atoms with Gasteiger partial charge in [-0.05, 0) is 111 Å². The Bertz CT molecular complexity index is 1520. The molecule has 2 nitrogen and oxygen atoms in total. The van der Waals surface area contributed by atoms with Crippen LogP contribution in [0.2, 0.25) is 9.79 Å². The Labute approximate surface area is 440 Å². The van der Waals surface area contributed by atoms with E-state index in [1.54, 1.807) is 14.5 Å². The SMILES string of the molecule is CCCCCCCCC[CH2][Pd][CH2]CCCCCCCCC.CCCCCCCCc1cc(CCCCCCCC)cc(C2=C(CCCC)C=C(c3cc(CCCCC)cc(CCCCC)c3)[N+]2=[N-])c1. The van der Waals surface area contributed by atoms with Crippen molar-refractivity contribution in [1.82, 2.24) is 0 Å². The van der Waals surface area contributed by atoms with Crippen molar-refractivity contribution in [3.05, 3.63) is 87.0 Å². The molecule has 0 amide bonds. The third-order valence-electron chi connectivity index (χ3n) is 14.5. The molecular weight excluding hydrogens is 927 g/mol. The molecule has 0 bridgehead atoms. The van der Waals surface area contributed by atoms with Gasteiger partial charge in [-0.25, -0.2) is 4.70 Å². The van der Waals surface area contributed by atoms with Crippen molar-refractivity contribution >= 4 is 11.4 Å². The van der Waals surface area contributed by atoms with Crippen LogP contribution in [0.5, 0.6) is 0 Å². The second kappa shape index (κ2) is 44.8. The van der Waals surface area contributed by atoms with Gasteiger partial charge in [0.05, 0.1) is 0 Å². The molecule has 1 aliphatic heterocycles. The average molecular weight is 1040 g/mol. The summed E-state index contributed by atoms with van der Waals surface area (Å²) in [5.74, 6) is 0. The zero-order chi connectivity index (χ0) is 49.8. The molecule has 0 saturated carbocycles. The molecule has 0 saturated heterocycles. The van der Waals surface area contributed by atoms with E-state index in [0.29, 0.717) is 0 Å². The third-order valence-corrected chi connectivity index (χ3v) is 16.7. The molecule has 0 aromatic heterocycles. The molecule has 0 atom stereocenters. The first-order chi connectivity index (χ1) is 34.0. The maximum Gasteiger partial charge on any atom is 0.210 e. The van der Waals surface area contributed by atoms with Crippen LogP contribution in [-0.2, 0) is 43.7 Å². The number of hydrogen-bond donors (Lipinski definition) is 0. The molecule has 0 fully saturated rings. The zero-order valence-corrected chi connectivity index (χ0v) is 48.7. The van der Waals surface area contributed by atoms with Gasteiger partial charge in [-0.15, -0.1) is 0 Å². The largest absolute Gasteiger partial charge is 0.493 e. The van der Waals surface area contributed by atoms with E-state index in [-0.39, 0.29) is 0 Å². The summed E-state index contributed by atoms with van der Waals surface area (Å²) in [6, 6.07) is 14.5. The van der Waals surface area contributed by atoms with E-state index < -0.39 is 0 Å². The van der Waals surface area contributed by atoms with Gasteiger partial charge in [0.1, 0.15) is 0 Å². The Morgan fingerprint density at radius 1 is 0.319 bits per heavy atom. The number of benzene rings is 2. The van der Waals surface area contributed by atoms with E-state index in [4.69, 9.17) is 0 Å². The van der Waals surface area contributed by atoms with E-state index in [2.05, 4.69) is 90.9 Å². The van der Waals surface area contributed by atoms with Gasteiger partial charge in [0, 0.05) is 22.8 Å². The summed E-state index contributed by atoms with van der Waals surface area (Å²) in [7, 11) is 0. The first-order valence-electron chi connectivity index (χ1n) is 30.6. The van der Waals surface area contributed by atoms with Gasteiger partial charge in [0.25, 0.3) is 0 Å². The van der Waals surface area contributed by atoms with E-state index in [1.807, 2.05) is 0 Å². The number of allylic oxidation sites excluding steroid dienone is 2. The summed E-state index contributed by atoms with van der Waals surface area (Å²) in [5, 5.41) is 0. The van der Waals surface area contributed by atoms with Crippen molar-refractivity contribution in [2.24, 2.45) is 0 Å². The van der Waals surface area contributed by atoms with Gasteiger partial charge in [-0.2, -0.15) is 0 Å². The number of unbranched alkanes of at least 4 members (excludes halogenated alkanes) is 29. The molecule has 0 unspecified atom stereocenters. The second-order valence-electron chi connectivity index (χ2n) is 21.3. The van der Waals surface area contributed by atoms with Crippen LogP contribution in [0.15, 0.2) is 48.0 Å². The van der Waals surface area contributed by atoms with Crippen molar-refractivity contribution in [3.63, 3.8) is 0 Å². The fourth-order valence-electron chi connectivity index (χ4n) is 10.0. The molecule has 0 spiro atoms. The standard InChI is InChI=1S/C46H72N2.2C10H21.Pd/c1-6-11-16-18-20-24-28-40-32-41(29-25-21-19-17-12-7-2)36-44(35-40)46-42(30-15-10-5)37-45(48(46)47)43-33-38(26-22-13-8-3)31-39(34-43)27-23-14-9-4;2*1-3-5-7-9-10-8-6-4-2;/h31-37H,6-30H2,1-5H3;2*1,3-10H2,2H3;. The smallest absolute Gasteiger partial charge is 0.210 e. The third kappa shape index (κ3) is 30.7. The van der Waals surface area contributed by atoms with Crippen LogP contribution in [0.3, 0.4) is 0 Å². The summed E-state index contributed by atoms with van der Waals surface area (Å²) in [6.45, 7) is 16.0. The van der Waals surface area contributed by atoms with Crippen LogP contribution in [-0.4, -0.2) is 4.70 Å². The fraction of sp³-hybridized carbons (Fsp3) is 0.758. The topological polar surface area (TPSA) is 25.3 Å². The summed E-state index contributed by atoms with van der Waals surface area (Å²) >= 11 is 1.07. The Balaban J connectivity index is 0.000000653. The zero-order valence-electron chi connectivity index (χ0n) is 47.2. The first-order valence-corrected chi connectivity index (χ1v) is 32.8. The maximum atomic E-state index is 12.1. The average Bonchev–Trinajstić information content (AvgIpc) is 3.69. The molecule has 0 aliphatic carbocycles. The molecule has 3 rings (SSSR count). The molecule has 398 valence electrons. The molecule has 69 heavy (non-hydrogen) atoms. The normalized spacial score (nSPS) is 12.6. The molecule has 0 N–H and O–H groups in total. The van der Waals surface area contributed by atoms with E-state index in [0.717, 1.165) is 74.3 Å². The first kappa shape index (κ1) is 63.3. The Hall–Kier alpha value is -1.82. The van der Waals surface area contributed by atoms with Crippen LogP contribution in [0.1, 0.15) is 319 Å². The van der Waals surface area contributed by atoms with Crippen LogP contribution < -0.4 is 0 Å². The molecule has 3 heteroatoms. The van der Waals surface area contributed by atoms with E-state index in [9.17, 15) is 5.53 Å². The molecule has 0 radical (unpaired) electrons. The predicted octanol–water partition coefficient (Wildman–Crippen LogP) is 23.1. The minimum atomic E-state index is 0.962. The van der Waals surface area contributed by atoms with Crippen LogP contribution in [0.25, 0.3) is 16.9 Å². The molecule has 2 aromatic carbocycles. The van der Waals surface area contributed by atoms with Crippen molar-refractivity contribution in [3.8, 4) is 0 Å². The van der Waals surface area contributed by atoms with Crippen LogP contribution in [0.4, 0.5) is 0 Å². The van der Waals surface area contributed by atoms with Gasteiger partial charge in [0.2, 0.25) is 11.4 Å². The van der Waals surface area contributed by atoms with Crippen molar-refractivity contribution in [2.45, 2.75) is 322 Å². The number of hydrogen-bond acceptors (Lipinski definition) is 0. The van der Waals surface area contributed by atoms with Gasteiger partial charge in [-0.1, -0.05) is 143 Å². The maximum absolute atomic E-state index is 12.1. The van der Waals surface area contributed by atoms with Crippen LogP contribution >= 0.6 is 0 Å².